The predicted molar refractivity (Wildman–Crippen MR) is 104 cm³/mol. The number of carbonyl (C=O) groups is 2. The second-order valence-corrected chi connectivity index (χ2v) is 7.05. The number of amides is 1. The second kappa shape index (κ2) is 8.99. The number of anilines is 1. The number of esters is 1. The molecule has 2 heterocycles. The molecule has 150 valence electrons. The molecule has 2 aromatic rings. The molecule has 1 aromatic heterocycles. The van der Waals surface area contributed by atoms with Crippen LogP contribution in [0.4, 0.5) is 5.88 Å². The Morgan fingerprint density at radius 2 is 1.86 bits per heavy atom. The molecule has 1 fully saturated rings. The maximum Gasteiger partial charge on any atom is 0.328 e. The fourth-order valence-corrected chi connectivity index (χ4v) is 3.15. The van der Waals surface area contributed by atoms with Gasteiger partial charge in [0.05, 0.1) is 5.69 Å². The van der Waals surface area contributed by atoms with Gasteiger partial charge in [-0.05, 0) is 26.5 Å². The van der Waals surface area contributed by atoms with Crippen LogP contribution < -0.4 is 5.32 Å². The molecular formula is C20H26N4O4. The lowest BCUT2D eigenvalue weighted by Gasteiger charge is -2.37. The Balaban J connectivity index is 1.69. The first-order valence-corrected chi connectivity index (χ1v) is 9.36. The third-order valence-corrected chi connectivity index (χ3v) is 4.78. The quantitative estimate of drug-likeness (QED) is 0.758. The molecule has 28 heavy (non-hydrogen) atoms. The second-order valence-electron chi connectivity index (χ2n) is 7.05. The predicted octanol–water partition coefficient (Wildman–Crippen LogP) is 1.84. The topological polar surface area (TPSA) is 87.9 Å². The van der Waals surface area contributed by atoms with E-state index in [4.69, 9.17) is 9.26 Å². The number of nitrogens with zero attached hydrogens (tertiary/aromatic N) is 3. The van der Waals surface area contributed by atoms with E-state index in [1.165, 1.54) is 0 Å². The van der Waals surface area contributed by atoms with Crippen LogP contribution in [0.15, 0.2) is 40.9 Å². The van der Waals surface area contributed by atoms with Gasteiger partial charge in [-0.15, -0.1) is 0 Å². The van der Waals surface area contributed by atoms with Crippen LogP contribution in [0.1, 0.15) is 24.2 Å². The van der Waals surface area contributed by atoms with Crippen LogP contribution in [-0.4, -0.2) is 66.2 Å². The summed E-state index contributed by atoms with van der Waals surface area (Å²) in [7, 11) is 2.06. The van der Waals surface area contributed by atoms with E-state index in [0.29, 0.717) is 5.69 Å². The largest absolute Gasteiger partial charge is 0.451 e. The van der Waals surface area contributed by atoms with Gasteiger partial charge in [0, 0.05) is 32.2 Å². The molecule has 0 radical (unpaired) electrons. The Morgan fingerprint density at radius 3 is 2.46 bits per heavy atom. The summed E-state index contributed by atoms with van der Waals surface area (Å²) >= 11 is 0. The van der Waals surface area contributed by atoms with Crippen molar-refractivity contribution in [3.8, 4) is 0 Å². The van der Waals surface area contributed by atoms with E-state index in [9.17, 15) is 9.59 Å². The van der Waals surface area contributed by atoms with E-state index in [2.05, 4.69) is 27.3 Å². The number of benzene rings is 1. The SMILES string of the molecule is Cc1cc(NC(=O)[C@H](C)OC(=O)[C@H](c2ccccc2)N2CCN(C)CC2)on1. The number of aromatic nitrogens is 1. The van der Waals surface area contributed by atoms with E-state index in [1.54, 1.807) is 19.9 Å². The number of carbonyl (C=O) groups excluding carboxylic acids is 2. The molecule has 8 nitrogen and oxygen atoms in total. The number of aryl methyl sites for hydroxylation is 1. The van der Waals surface area contributed by atoms with Crippen LogP contribution in [0, 0.1) is 6.92 Å². The first-order chi connectivity index (χ1) is 13.4. The molecule has 2 atom stereocenters. The first-order valence-electron chi connectivity index (χ1n) is 9.36. The van der Waals surface area contributed by atoms with Crippen LogP contribution in [0.5, 0.6) is 0 Å². The summed E-state index contributed by atoms with van der Waals surface area (Å²) in [4.78, 5) is 29.7. The van der Waals surface area contributed by atoms with Crippen LogP contribution in [0.2, 0.25) is 0 Å². The summed E-state index contributed by atoms with van der Waals surface area (Å²) in [6.45, 7) is 6.55. The van der Waals surface area contributed by atoms with Crippen molar-refractivity contribution in [3.05, 3.63) is 47.7 Å². The molecule has 1 aliphatic rings. The van der Waals surface area contributed by atoms with Gasteiger partial charge in [-0.2, -0.15) is 0 Å². The highest BCUT2D eigenvalue weighted by Crippen LogP contribution is 2.24. The first kappa shape index (κ1) is 20.0. The summed E-state index contributed by atoms with van der Waals surface area (Å²) in [5, 5.41) is 6.28. The molecule has 3 rings (SSSR count). The summed E-state index contributed by atoms with van der Waals surface area (Å²) in [6, 6.07) is 10.6. The molecular weight excluding hydrogens is 360 g/mol. The fourth-order valence-electron chi connectivity index (χ4n) is 3.15. The van der Waals surface area contributed by atoms with Crippen molar-refractivity contribution in [2.45, 2.75) is 26.0 Å². The molecule has 0 spiro atoms. The Bertz CT molecular complexity index is 800. The highest BCUT2D eigenvalue weighted by molar-refractivity contribution is 5.94. The Morgan fingerprint density at radius 1 is 1.18 bits per heavy atom. The van der Waals surface area contributed by atoms with E-state index in [0.717, 1.165) is 31.7 Å². The lowest BCUT2D eigenvalue weighted by atomic mass is 10.0. The monoisotopic (exact) mass is 386 g/mol. The summed E-state index contributed by atoms with van der Waals surface area (Å²) in [6.07, 6.45) is -0.961. The van der Waals surface area contributed by atoms with Gasteiger partial charge in [0.25, 0.3) is 5.91 Å². The molecule has 8 heteroatoms. The molecule has 1 aromatic carbocycles. The van der Waals surface area contributed by atoms with Crippen molar-refractivity contribution in [1.82, 2.24) is 15.0 Å². The molecule has 1 saturated heterocycles. The van der Waals surface area contributed by atoms with E-state index < -0.39 is 24.0 Å². The maximum atomic E-state index is 13.0. The molecule has 0 aliphatic carbocycles. The molecule has 0 unspecified atom stereocenters. The standard InChI is InChI=1S/C20H26N4O4/c1-14-13-17(28-22-14)21-19(25)15(2)27-20(26)18(16-7-5-4-6-8-16)24-11-9-23(3)10-12-24/h4-8,13,15,18H,9-12H2,1-3H3,(H,21,25)/t15-,18-/m0/s1. The zero-order valence-corrected chi connectivity index (χ0v) is 16.4. The van der Waals surface area contributed by atoms with Crippen LogP contribution in [0.25, 0.3) is 0 Å². The number of likely N-dealkylation sites (N-methyl/N-ethyl adjacent to an activating group) is 1. The highest BCUT2D eigenvalue weighted by Gasteiger charge is 2.33. The average molecular weight is 386 g/mol. The fraction of sp³-hybridized carbons (Fsp3) is 0.450. The summed E-state index contributed by atoms with van der Waals surface area (Å²) in [5.41, 5.74) is 1.51. The summed E-state index contributed by atoms with van der Waals surface area (Å²) in [5.74, 6) is -0.675. The van der Waals surface area contributed by atoms with Gasteiger partial charge in [-0.1, -0.05) is 35.5 Å². The maximum absolute atomic E-state index is 13.0. The number of nitrogens with one attached hydrogen (secondary N) is 1. The third-order valence-electron chi connectivity index (χ3n) is 4.78. The van der Waals surface area contributed by atoms with Gasteiger partial charge in [0.2, 0.25) is 5.88 Å². The molecule has 0 saturated carbocycles. The van der Waals surface area contributed by atoms with Crippen molar-refractivity contribution >= 4 is 17.8 Å². The minimum atomic E-state index is -0.961. The Kier molecular flexibility index (Phi) is 6.43. The molecule has 1 aliphatic heterocycles. The van der Waals surface area contributed by atoms with Crippen molar-refractivity contribution in [2.24, 2.45) is 0 Å². The van der Waals surface area contributed by atoms with Crippen LogP contribution >= 0.6 is 0 Å². The Hall–Kier alpha value is -2.71. The van der Waals surface area contributed by atoms with Gasteiger partial charge >= 0.3 is 5.97 Å². The zero-order chi connectivity index (χ0) is 20.1. The molecule has 1 N–H and O–H groups in total. The van der Waals surface area contributed by atoms with Gasteiger partial charge < -0.3 is 14.2 Å². The molecule has 0 bridgehead atoms. The molecule has 1 amide bonds. The van der Waals surface area contributed by atoms with Gasteiger partial charge in [0.15, 0.2) is 6.10 Å². The Labute approximate surface area is 164 Å². The number of hydrogen-bond acceptors (Lipinski definition) is 7. The van der Waals surface area contributed by atoms with Gasteiger partial charge in [0.1, 0.15) is 6.04 Å². The van der Waals surface area contributed by atoms with Crippen LogP contribution in [-0.2, 0) is 14.3 Å². The smallest absolute Gasteiger partial charge is 0.328 e. The number of rotatable bonds is 6. The van der Waals surface area contributed by atoms with Gasteiger partial charge in [-0.3, -0.25) is 15.0 Å². The van der Waals surface area contributed by atoms with Crippen LogP contribution in [0.3, 0.4) is 0 Å². The minimum Gasteiger partial charge on any atom is -0.451 e. The van der Waals surface area contributed by atoms with Gasteiger partial charge in [-0.25, -0.2) is 4.79 Å². The number of ether oxygens (including phenoxy) is 1. The third kappa shape index (κ3) is 4.96. The lowest BCUT2D eigenvalue weighted by Crippen LogP contribution is -2.48. The number of piperazine rings is 1. The van der Waals surface area contributed by atoms with Crippen molar-refractivity contribution < 1.29 is 18.8 Å². The normalized spacial score (nSPS) is 17.7. The van der Waals surface area contributed by atoms with Crippen molar-refractivity contribution in [2.75, 3.05) is 38.5 Å². The van der Waals surface area contributed by atoms with Crippen molar-refractivity contribution in [3.63, 3.8) is 0 Å². The van der Waals surface area contributed by atoms with E-state index >= 15 is 0 Å². The number of hydrogen-bond donors (Lipinski definition) is 1. The minimum absolute atomic E-state index is 0.226. The average Bonchev–Trinajstić information content (AvgIpc) is 3.09. The summed E-state index contributed by atoms with van der Waals surface area (Å²) < 4.78 is 10.5. The van der Waals surface area contributed by atoms with E-state index in [1.807, 2.05) is 30.3 Å². The van der Waals surface area contributed by atoms with Crippen molar-refractivity contribution in [1.29, 1.82) is 0 Å². The highest BCUT2D eigenvalue weighted by atomic mass is 16.5. The zero-order valence-electron chi connectivity index (χ0n) is 16.4. The van der Waals surface area contributed by atoms with E-state index in [-0.39, 0.29) is 5.88 Å². The lowest BCUT2D eigenvalue weighted by molar-refractivity contribution is -0.159.